The third kappa shape index (κ3) is 9.22. The maximum Gasteiger partial charge on any atom is 0.142 e. The molecular weight excluding hydrogens is 680 g/mol. The summed E-state index contributed by atoms with van der Waals surface area (Å²) in [5.74, 6) is 1.84. The van der Waals surface area contributed by atoms with Crippen LogP contribution in [0.3, 0.4) is 0 Å². The van der Waals surface area contributed by atoms with Crippen LogP contribution < -0.4 is 19.5 Å². The summed E-state index contributed by atoms with van der Waals surface area (Å²) < 4.78 is 19.0. The SMILES string of the molecule is Cc1c(COc2cc(OCc3cncc(C#N)c3)c(CNC(CO)CO)cc2Cl)cccc1-c1cccc(OCC2(CN3CC[C@@H](O)C3)CC2)c1C. The zero-order chi connectivity index (χ0) is 36.7. The van der Waals surface area contributed by atoms with Gasteiger partial charge in [-0.25, -0.2) is 0 Å². The van der Waals surface area contributed by atoms with Crippen LogP contribution in [0.1, 0.15) is 52.6 Å². The minimum atomic E-state index is -0.504. The zero-order valence-electron chi connectivity index (χ0n) is 29.8. The van der Waals surface area contributed by atoms with E-state index in [0.717, 1.165) is 78.0 Å². The van der Waals surface area contributed by atoms with E-state index in [0.29, 0.717) is 34.3 Å². The summed E-state index contributed by atoms with van der Waals surface area (Å²) in [5.41, 5.74) is 7.43. The number of aliphatic hydroxyl groups excluding tert-OH is 3. The van der Waals surface area contributed by atoms with E-state index in [1.165, 1.54) is 6.20 Å². The number of aliphatic hydroxyl groups is 3. The summed E-state index contributed by atoms with van der Waals surface area (Å²) >= 11 is 6.75. The monoisotopic (exact) mass is 726 g/mol. The van der Waals surface area contributed by atoms with Crippen molar-refractivity contribution in [2.24, 2.45) is 5.41 Å². The number of pyridine rings is 1. The number of halogens is 1. The van der Waals surface area contributed by atoms with Gasteiger partial charge in [0.25, 0.3) is 0 Å². The molecule has 52 heavy (non-hydrogen) atoms. The van der Waals surface area contributed by atoms with Crippen LogP contribution in [0.25, 0.3) is 11.1 Å². The second-order valence-corrected chi connectivity index (χ2v) is 14.5. The minimum absolute atomic E-state index is 0.160. The summed E-state index contributed by atoms with van der Waals surface area (Å²) in [6, 6.07) is 19.2. The predicted octanol–water partition coefficient (Wildman–Crippen LogP) is 5.72. The lowest BCUT2D eigenvalue weighted by atomic mass is 9.93. The van der Waals surface area contributed by atoms with Crippen LogP contribution in [0.2, 0.25) is 5.02 Å². The molecule has 6 rings (SSSR count). The van der Waals surface area contributed by atoms with Crippen molar-refractivity contribution in [1.82, 2.24) is 15.2 Å². The van der Waals surface area contributed by atoms with Gasteiger partial charge in [0.2, 0.25) is 0 Å². The molecule has 0 spiro atoms. The lowest BCUT2D eigenvalue weighted by Gasteiger charge is -2.24. The van der Waals surface area contributed by atoms with E-state index in [1.54, 1.807) is 24.4 Å². The Labute approximate surface area is 310 Å². The molecule has 1 aromatic heterocycles. The Kier molecular flexibility index (Phi) is 12.3. The van der Waals surface area contributed by atoms with Crippen LogP contribution in [0.5, 0.6) is 17.2 Å². The van der Waals surface area contributed by atoms with Gasteiger partial charge in [-0.3, -0.25) is 9.88 Å². The molecule has 1 saturated heterocycles. The van der Waals surface area contributed by atoms with Gasteiger partial charge in [0.1, 0.15) is 36.5 Å². The second kappa shape index (κ2) is 17.1. The Bertz CT molecular complexity index is 1890. The Hall–Kier alpha value is -4.21. The van der Waals surface area contributed by atoms with Crippen molar-refractivity contribution >= 4 is 11.6 Å². The summed E-state index contributed by atoms with van der Waals surface area (Å²) in [7, 11) is 0. The highest BCUT2D eigenvalue weighted by Gasteiger charge is 2.45. The molecule has 0 bridgehead atoms. The Morgan fingerprint density at radius 2 is 1.69 bits per heavy atom. The third-order valence-electron chi connectivity index (χ3n) is 10.2. The predicted molar refractivity (Wildman–Crippen MR) is 199 cm³/mol. The molecule has 0 radical (unpaired) electrons. The average molecular weight is 727 g/mol. The fraction of sp³-hybridized carbons (Fsp3) is 0.415. The van der Waals surface area contributed by atoms with Crippen molar-refractivity contribution in [3.63, 3.8) is 0 Å². The van der Waals surface area contributed by atoms with Gasteiger partial charge < -0.3 is 34.8 Å². The molecule has 10 nitrogen and oxygen atoms in total. The third-order valence-corrected chi connectivity index (χ3v) is 10.5. The van der Waals surface area contributed by atoms with Gasteiger partial charge in [-0.2, -0.15) is 5.26 Å². The molecule has 274 valence electrons. The number of nitriles is 1. The summed E-state index contributed by atoms with van der Waals surface area (Å²) in [5, 5.41) is 41.9. The lowest BCUT2D eigenvalue weighted by molar-refractivity contribution is 0.148. The molecular formula is C41H47ClN4O6. The first-order chi connectivity index (χ1) is 25.2. The number of rotatable bonds is 17. The number of β-amino-alcohol motifs (C(OH)–C–C–N with tert-alkyl or cyclic N) is 1. The van der Waals surface area contributed by atoms with E-state index in [9.17, 15) is 20.6 Å². The van der Waals surface area contributed by atoms with Crippen molar-refractivity contribution < 1.29 is 29.5 Å². The topological polar surface area (TPSA) is 140 Å². The molecule has 1 atom stereocenters. The number of ether oxygens (including phenoxy) is 3. The Morgan fingerprint density at radius 3 is 2.40 bits per heavy atom. The average Bonchev–Trinajstić information content (AvgIpc) is 3.80. The Balaban J connectivity index is 1.17. The van der Waals surface area contributed by atoms with E-state index < -0.39 is 6.04 Å². The Morgan fingerprint density at radius 1 is 0.942 bits per heavy atom. The molecule has 0 unspecified atom stereocenters. The number of nitrogens with zero attached hydrogens (tertiary/aromatic N) is 3. The van der Waals surface area contributed by atoms with E-state index in [-0.39, 0.29) is 44.5 Å². The summed E-state index contributed by atoms with van der Waals surface area (Å²) in [6.45, 7) is 7.82. The molecule has 1 aliphatic heterocycles. The minimum Gasteiger partial charge on any atom is -0.493 e. The molecule has 4 N–H and O–H groups in total. The molecule has 1 aliphatic carbocycles. The zero-order valence-corrected chi connectivity index (χ0v) is 30.5. The van der Waals surface area contributed by atoms with Crippen LogP contribution >= 0.6 is 11.6 Å². The van der Waals surface area contributed by atoms with Crippen LogP contribution in [0, 0.1) is 30.6 Å². The second-order valence-electron chi connectivity index (χ2n) is 14.1. The molecule has 4 aromatic rings. The molecule has 3 aromatic carbocycles. The highest BCUT2D eigenvalue weighted by atomic mass is 35.5. The fourth-order valence-electron chi connectivity index (χ4n) is 6.72. The first kappa shape index (κ1) is 37.5. The smallest absolute Gasteiger partial charge is 0.142 e. The van der Waals surface area contributed by atoms with Gasteiger partial charge in [0.15, 0.2) is 0 Å². The van der Waals surface area contributed by atoms with Gasteiger partial charge in [-0.15, -0.1) is 0 Å². The maximum atomic E-state index is 9.97. The lowest BCUT2D eigenvalue weighted by Crippen LogP contribution is -2.35. The van der Waals surface area contributed by atoms with Crippen molar-refractivity contribution in [2.75, 3.05) is 39.5 Å². The van der Waals surface area contributed by atoms with Crippen molar-refractivity contribution in [3.8, 4) is 34.4 Å². The van der Waals surface area contributed by atoms with Crippen LogP contribution in [0.4, 0.5) is 0 Å². The molecule has 1 saturated carbocycles. The number of aromatic nitrogens is 1. The number of hydrogen-bond donors (Lipinski definition) is 4. The highest BCUT2D eigenvalue weighted by molar-refractivity contribution is 6.32. The molecule has 11 heteroatoms. The largest absolute Gasteiger partial charge is 0.493 e. The number of likely N-dealkylation sites (tertiary alicyclic amines) is 1. The van der Waals surface area contributed by atoms with Crippen molar-refractivity contribution in [2.45, 2.75) is 65.0 Å². The summed E-state index contributed by atoms with van der Waals surface area (Å²) in [4.78, 5) is 6.49. The van der Waals surface area contributed by atoms with Gasteiger partial charge in [0.05, 0.1) is 42.6 Å². The number of nitrogens with one attached hydrogen (secondary N) is 1. The van der Waals surface area contributed by atoms with E-state index in [4.69, 9.17) is 25.8 Å². The van der Waals surface area contributed by atoms with Gasteiger partial charge >= 0.3 is 0 Å². The van der Waals surface area contributed by atoms with Gasteiger partial charge in [0, 0.05) is 61.2 Å². The molecule has 0 amide bonds. The normalized spacial score (nSPS) is 16.5. The van der Waals surface area contributed by atoms with Crippen molar-refractivity contribution in [3.05, 3.63) is 105 Å². The van der Waals surface area contributed by atoms with E-state index in [2.05, 4.69) is 47.3 Å². The maximum absolute atomic E-state index is 9.97. The van der Waals surface area contributed by atoms with Gasteiger partial charge in [-0.1, -0.05) is 41.9 Å². The number of benzene rings is 3. The standard InChI is InChI=1S/C41H47ClN4O6/c1-27-31(5-3-6-35(27)36-7-4-8-38(28(36)2)52-26-41(10-11-41)25-46-12-9-34(49)20-46)24-51-40-15-39(50-23-30-13-29(16-43)17-44-18-30)32(14-37(40)42)19-45-33(21-47)22-48/h3-8,13-15,17-18,33-34,45,47-49H,9-12,19-26H2,1-2H3/t34-/m1/s1. The van der Waals surface area contributed by atoms with Crippen molar-refractivity contribution in [1.29, 1.82) is 5.26 Å². The molecule has 2 heterocycles. The van der Waals surface area contributed by atoms with Crippen LogP contribution in [0.15, 0.2) is 67.0 Å². The first-order valence-electron chi connectivity index (χ1n) is 17.8. The molecule has 2 aliphatic rings. The summed E-state index contributed by atoms with van der Waals surface area (Å²) in [6.07, 6.45) is 6.08. The molecule has 2 fully saturated rings. The quantitative estimate of drug-likeness (QED) is 0.107. The van der Waals surface area contributed by atoms with Gasteiger partial charge in [-0.05, 0) is 79.1 Å². The van der Waals surface area contributed by atoms with Crippen LogP contribution in [-0.2, 0) is 19.8 Å². The highest BCUT2D eigenvalue weighted by Crippen LogP contribution is 2.47. The van der Waals surface area contributed by atoms with Crippen LogP contribution in [-0.4, -0.2) is 76.8 Å². The number of hydrogen-bond acceptors (Lipinski definition) is 10. The van der Waals surface area contributed by atoms with E-state index >= 15 is 0 Å². The fourth-order valence-corrected chi connectivity index (χ4v) is 6.97. The van der Waals surface area contributed by atoms with E-state index in [1.807, 2.05) is 24.3 Å². The first-order valence-corrected chi connectivity index (χ1v) is 18.2.